The maximum Gasteiger partial charge on any atom is 0.410 e. The second-order valence-corrected chi connectivity index (χ2v) is 8.62. The van der Waals surface area contributed by atoms with Gasteiger partial charge >= 0.3 is 6.09 Å². The third kappa shape index (κ3) is 7.40. The zero-order valence-electron chi connectivity index (χ0n) is 17.7. The molecule has 0 N–H and O–H groups in total. The van der Waals surface area contributed by atoms with Gasteiger partial charge in [0.25, 0.3) is 0 Å². The van der Waals surface area contributed by atoms with E-state index in [-0.39, 0.29) is 12.2 Å². The predicted octanol–water partition coefficient (Wildman–Crippen LogP) is 4.76. The van der Waals surface area contributed by atoms with Crippen LogP contribution in [-0.2, 0) is 9.47 Å². The lowest BCUT2D eigenvalue weighted by atomic mass is 10.1. The van der Waals surface area contributed by atoms with E-state index in [0.717, 1.165) is 71.1 Å². The van der Waals surface area contributed by atoms with Crippen LogP contribution in [0.1, 0.15) is 77.0 Å². The standard InChI is InChI=1S/C23H40N2O3/c26-23(28-22-13-7-3-4-9-19-27-20-10-8-14-22)25-17-15-24(16-18-25)21-11-5-1-2-6-12-21/h8,14,21-22H,1-7,9-13,15-20H2. The van der Waals surface area contributed by atoms with Gasteiger partial charge in [-0.15, -0.1) is 0 Å². The van der Waals surface area contributed by atoms with Crippen molar-refractivity contribution in [2.75, 3.05) is 39.4 Å². The minimum Gasteiger partial charge on any atom is -0.442 e. The molecule has 3 aliphatic rings. The van der Waals surface area contributed by atoms with Gasteiger partial charge in [0, 0.05) is 38.8 Å². The van der Waals surface area contributed by atoms with E-state index >= 15 is 0 Å². The Balaban J connectivity index is 1.43. The van der Waals surface area contributed by atoms with E-state index in [9.17, 15) is 4.79 Å². The molecule has 2 fully saturated rings. The summed E-state index contributed by atoms with van der Waals surface area (Å²) in [5, 5.41) is 0. The molecule has 0 aromatic heterocycles. The topological polar surface area (TPSA) is 42.0 Å². The summed E-state index contributed by atoms with van der Waals surface area (Å²) in [6, 6.07) is 0.733. The van der Waals surface area contributed by atoms with Crippen LogP contribution in [0.15, 0.2) is 12.2 Å². The van der Waals surface area contributed by atoms with Crippen LogP contribution in [-0.4, -0.2) is 67.4 Å². The molecule has 2 heterocycles. The quantitative estimate of drug-likeness (QED) is 0.502. The van der Waals surface area contributed by atoms with Crippen LogP contribution in [0.4, 0.5) is 4.79 Å². The van der Waals surface area contributed by atoms with Crippen molar-refractivity contribution < 1.29 is 14.3 Å². The van der Waals surface area contributed by atoms with Crippen molar-refractivity contribution in [1.29, 1.82) is 0 Å². The van der Waals surface area contributed by atoms with Gasteiger partial charge in [-0.05, 0) is 44.6 Å². The Morgan fingerprint density at radius 3 is 2.25 bits per heavy atom. The number of piperazine rings is 1. The minimum absolute atomic E-state index is 0.0909. The second kappa shape index (κ2) is 12.5. The zero-order valence-corrected chi connectivity index (χ0v) is 17.7. The van der Waals surface area contributed by atoms with E-state index in [2.05, 4.69) is 17.1 Å². The molecular weight excluding hydrogens is 352 g/mol. The van der Waals surface area contributed by atoms with Crippen molar-refractivity contribution in [2.45, 2.75) is 89.2 Å². The lowest BCUT2D eigenvalue weighted by Crippen LogP contribution is -2.52. The Hall–Kier alpha value is -1.07. The highest BCUT2D eigenvalue weighted by Gasteiger charge is 2.28. The molecule has 3 rings (SSSR count). The molecule has 0 bridgehead atoms. The first-order chi connectivity index (χ1) is 13.8. The van der Waals surface area contributed by atoms with Crippen LogP contribution < -0.4 is 0 Å². The number of hydrogen-bond acceptors (Lipinski definition) is 4. The van der Waals surface area contributed by atoms with Crippen molar-refractivity contribution in [3.63, 3.8) is 0 Å². The van der Waals surface area contributed by atoms with Crippen LogP contribution in [0.25, 0.3) is 0 Å². The Morgan fingerprint density at radius 1 is 0.821 bits per heavy atom. The zero-order chi connectivity index (χ0) is 19.4. The fraction of sp³-hybridized carbons (Fsp3) is 0.870. The molecule has 0 spiro atoms. The van der Waals surface area contributed by atoms with E-state index < -0.39 is 0 Å². The Bertz CT molecular complexity index is 466. The summed E-state index contributed by atoms with van der Waals surface area (Å²) in [4.78, 5) is 17.2. The molecule has 1 saturated heterocycles. The van der Waals surface area contributed by atoms with Crippen LogP contribution in [0.2, 0.25) is 0 Å². The van der Waals surface area contributed by atoms with Crippen LogP contribution in [0, 0.1) is 0 Å². The highest BCUT2D eigenvalue weighted by molar-refractivity contribution is 5.68. The van der Waals surface area contributed by atoms with Crippen LogP contribution in [0.5, 0.6) is 0 Å². The molecule has 28 heavy (non-hydrogen) atoms. The molecular formula is C23H40N2O3. The van der Waals surface area contributed by atoms with Gasteiger partial charge in [0.05, 0.1) is 6.61 Å². The summed E-state index contributed by atoms with van der Waals surface area (Å²) in [5.41, 5.74) is 0. The van der Waals surface area contributed by atoms with Gasteiger partial charge in [-0.1, -0.05) is 44.6 Å². The third-order valence-corrected chi connectivity index (χ3v) is 6.47. The lowest BCUT2D eigenvalue weighted by Gasteiger charge is -2.39. The number of amides is 1. The summed E-state index contributed by atoms with van der Waals surface area (Å²) in [5.74, 6) is 0. The van der Waals surface area contributed by atoms with E-state index in [1.807, 2.05) is 4.90 Å². The van der Waals surface area contributed by atoms with Gasteiger partial charge in [0.1, 0.15) is 6.10 Å². The number of ether oxygens (including phenoxy) is 2. The Morgan fingerprint density at radius 2 is 1.50 bits per heavy atom. The van der Waals surface area contributed by atoms with Crippen LogP contribution in [0.3, 0.4) is 0 Å². The SMILES string of the molecule is O=C(OC1C=CCCOCCCCCC1)N1CCN(C2CCCCCC2)CC1. The van der Waals surface area contributed by atoms with E-state index in [0.29, 0.717) is 0 Å². The van der Waals surface area contributed by atoms with Gasteiger partial charge in [-0.3, -0.25) is 4.90 Å². The summed E-state index contributed by atoms with van der Waals surface area (Å²) in [6.07, 6.45) is 18.6. The number of rotatable bonds is 2. The van der Waals surface area contributed by atoms with Crippen molar-refractivity contribution in [3.05, 3.63) is 12.2 Å². The molecule has 1 aliphatic carbocycles. The first-order valence-corrected chi connectivity index (χ1v) is 11.8. The molecule has 1 amide bonds. The maximum atomic E-state index is 12.7. The fourth-order valence-electron chi connectivity index (χ4n) is 4.70. The number of carbonyl (C=O) groups is 1. The molecule has 2 aliphatic heterocycles. The highest BCUT2D eigenvalue weighted by atomic mass is 16.6. The maximum absolute atomic E-state index is 12.7. The smallest absolute Gasteiger partial charge is 0.410 e. The van der Waals surface area contributed by atoms with Crippen molar-refractivity contribution in [1.82, 2.24) is 9.80 Å². The van der Waals surface area contributed by atoms with E-state index in [1.54, 1.807) is 0 Å². The molecule has 1 atom stereocenters. The number of carbonyl (C=O) groups excluding carboxylic acids is 1. The number of hydrogen-bond donors (Lipinski definition) is 0. The molecule has 5 heteroatoms. The molecule has 5 nitrogen and oxygen atoms in total. The molecule has 0 aromatic rings. The first kappa shape index (κ1) is 21.6. The largest absolute Gasteiger partial charge is 0.442 e. The number of nitrogens with zero attached hydrogens (tertiary/aromatic N) is 2. The highest BCUT2D eigenvalue weighted by Crippen LogP contribution is 2.23. The Kier molecular flexibility index (Phi) is 9.65. The van der Waals surface area contributed by atoms with Crippen molar-refractivity contribution in [3.8, 4) is 0 Å². The van der Waals surface area contributed by atoms with Crippen molar-refractivity contribution >= 4 is 6.09 Å². The monoisotopic (exact) mass is 392 g/mol. The summed E-state index contributed by atoms with van der Waals surface area (Å²) < 4.78 is 11.5. The molecule has 0 radical (unpaired) electrons. The van der Waals surface area contributed by atoms with Gasteiger partial charge in [-0.25, -0.2) is 4.79 Å². The van der Waals surface area contributed by atoms with E-state index in [4.69, 9.17) is 9.47 Å². The lowest BCUT2D eigenvalue weighted by molar-refractivity contribution is 0.0455. The molecule has 160 valence electrons. The molecule has 1 unspecified atom stereocenters. The van der Waals surface area contributed by atoms with Crippen molar-refractivity contribution in [2.24, 2.45) is 0 Å². The summed E-state index contributed by atoms with van der Waals surface area (Å²) in [6.45, 7) is 5.24. The van der Waals surface area contributed by atoms with Gasteiger partial charge in [-0.2, -0.15) is 0 Å². The van der Waals surface area contributed by atoms with Crippen LogP contribution >= 0.6 is 0 Å². The summed E-state index contributed by atoms with van der Waals surface area (Å²) >= 11 is 0. The summed E-state index contributed by atoms with van der Waals surface area (Å²) in [7, 11) is 0. The predicted molar refractivity (Wildman–Crippen MR) is 113 cm³/mol. The Labute approximate surface area is 171 Å². The second-order valence-electron chi connectivity index (χ2n) is 8.62. The fourth-order valence-corrected chi connectivity index (χ4v) is 4.70. The van der Waals surface area contributed by atoms with Gasteiger partial charge in [0.2, 0.25) is 0 Å². The average Bonchev–Trinajstić information content (AvgIpc) is 3.00. The molecule has 1 saturated carbocycles. The van der Waals surface area contributed by atoms with Gasteiger partial charge in [0.15, 0.2) is 0 Å². The normalized spacial score (nSPS) is 27.4. The minimum atomic E-state index is -0.126. The first-order valence-electron chi connectivity index (χ1n) is 11.8. The average molecular weight is 393 g/mol. The third-order valence-electron chi connectivity index (χ3n) is 6.47. The molecule has 0 aromatic carbocycles. The van der Waals surface area contributed by atoms with Gasteiger partial charge < -0.3 is 14.4 Å². The van der Waals surface area contributed by atoms with E-state index in [1.165, 1.54) is 51.4 Å².